The van der Waals surface area contributed by atoms with E-state index in [9.17, 15) is 4.79 Å². The monoisotopic (exact) mass is 1010 g/mol. The molecule has 70 heavy (non-hydrogen) atoms. The zero-order chi connectivity index (χ0) is 47.7. The molecule has 2 aliphatic carbocycles. The van der Waals surface area contributed by atoms with E-state index in [0.717, 1.165) is 94.4 Å². The molecule has 2 unspecified atom stereocenters. The van der Waals surface area contributed by atoms with Gasteiger partial charge in [-0.25, -0.2) is 24.7 Å². The lowest BCUT2D eigenvalue weighted by Crippen LogP contribution is -2.43. The van der Waals surface area contributed by atoms with Crippen LogP contribution in [-0.2, 0) is 4.74 Å². The number of ether oxygens (including phenoxy) is 1. The maximum absolute atomic E-state index is 12.5. The molecule has 12 nitrogen and oxygen atoms in total. The highest BCUT2D eigenvalue weighted by molar-refractivity contribution is 6.33. The zero-order valence-electron chi connectivity index (χ0n) is 41.3. The third-order valence-corrected chi connectivity index (χ3v) is 15.6. The number of anilines is 2. The number of para-hydroxylation sites is 2. The van der Waals surface area contributed by atoms with E-state index in [0.29, 0.717) is 39.9 Å². The molecule has 4 fully saturated rings. The van der Waals surface area contributed by atoms with Gasteiger partial charge in [0, 0.05) is 70.5 Å². The van der Waals surface area contributed by atoms with Gasteiger partial charge in [0.25, 0.3) is 0 Å². The van der Waals surface area contributed by atoms with Crippen LogP contribution in [0, 0.1) is 23.7 Å². The molecule has 6 heterocycles. The number of aromatic nitrogens is 6. The smallest absolute Gasteiger partial charge is 0.410 e. The van der Waals surface area contributed by atoms with Crippen molar-refractivity contribution in [2.45, 2.75) is 141 Å². The Bertz CT molecular complexity index is 2610. The molecule has 376 valence electrons. The minimum absolute atomic E-state index is 0. The molecular weight excluding hydrogens is 939 g/mol. The number of aromatic amines is 2. The van der Waals surface area contributed by atoms with Gasteiger partial charge in [-0.05, 0) is 160 Å². The van der Waals surface area contributed by atoms with Crippen molar-refractivity contribution in [2.24, 2.45) is 23.7 Å². The van der Waals surface area contributed by atoms with Crippen molar-refractivity contribution in [3.8, 4) is 22.5 Å². The van der Waals surface area contributed by atoms with Gasteiger partial charge in [-0.3, -0.25) is 0 Å². The highest BCUT2D eigenvalue weighted by Crippen LogP contribution is 2.37. The van der Waals surface area contributed by atoms with Gasteiger partial charge in [0.05, 0.1) is 33.8 Å². The molecule has 2 aliphatic heterocycles. The summed E-state index contributed by atoms with van der Waals surface area (Å²) in [5, 5.41) is 14.1. The van der Waals surface area contributed by atoms with Crippen molar-refractivity contribution < 1.29 is 9.53 Å². The zero-order valence-corrected chi connectivity index (χ0v) is 43.6. The molecule has 2 aromatic carbocycles. The molecule has 0 radical (unpaired) electrons. The number of rotatable bonds is 12. The molecule has 4 aliphatic rings. The number of H-pyrrole nitrogens is 2. The maximum Gasteiger partial charge on any atom is 0.410 e. The van der Waals surface area contributed by atoms with Crippen LogP contribution in [0.1, 0.15) is 124 Å². The Labute approximate surface area is 430 Å². The van der Waals surface area contributed by atoms with Gasteiger partial charge in [-0.1, -0.05) is 72.4 Å². The number of benzene rings is 2. The Kier molecular flexibility index (Phi) is 17.9. The van der Waals surface area contributed by atoms with Crippen molar-refractivity contribution in [3.05, 3.63) is 83.4 Å². The number of fused-ring (bicyclic) bond motifs is 2. The van der Waals surface area contributed by atoms with Crippen molar-refractivity contribution >= 4 is 75.4 Å². The number of likely N-dealkylation sites (tertiary alicyclic amines) is 1. The fraction of sp³-hybridized carbons (Fsp3) is 0.545. The minimum Gasteiger partial charge on any atom is -0.444 e. The van der Waals surface area contributed by atoms with E-state index in [4.69, 9.17) is 37.9 Å². The summed E-state index contributed by atoms with van der Waals surface area (Å²) in [6, 6.07) is 17.2. The second kappa shape index (κ2) is 24.2. The van der Waals surface area contributed by atoms with Crippen LogP contribution in [0.25, 0.3) is 44.3 Å². The number of hydrogen-bond donors (Lipinski definition) is 5. The first-order valence-corrected chi connectivity index (χ1v) is 26.7. The van der Waals surface area contributed by atoms with Crippen molar-refractivity contribution in [3.63, 3.8) is 0 Å². The molecule has 0 spiro atoms. The number of hydrogen-bond acceptors (Lipinski definition) is 9. The van der Waals surface area contributed by atoms with E-state index in [-0.39, 0.29) is 18.5 Å². The second-order valence-electron chi connectivity index (χ2n) is 21.3. The number of amides is 1. The lowest BCUT2D eigenvalue weighted by Gasteiger charge is -2.35. The van der Waals surface area contributed by atoms with Gasteiger partial charge in [0.2, 0.25) is 11.9 Å². The van der Waals surface area contributed by atoms with Crippen LogP contribution >= 0.6 is 35.6 Å². The first-order chi connectivity index (χ1) is 33.5. The molecule has 0 bridgehead atoms. The minimum atomic E-state index is -0.439. The summed E-state index contributed by atoms with van der Waals surface area (Å²) < 4.78 is 5.60. The summed E-state index contributed by atoms with van der Waals surface area (Å²) in [7, 11) is 0. The standard InChI is InChI=1S/C30H40ClN5O2.C25H32ClN5.ClH/c1-30(2,3)38-29(37)36-16-6-7-21(19-36)11-10-20-12-14-22(15-13-20)34-28-33-18-25(31)27(35-28)24-17-32-26-9-5-4-8-23(24)26;26-22-16-29-25(31-24(22)21-15-28-23-6-2-1-5-20(21)23)30-19-11-9-17(10-12-19)7-8-18-4-3-13-27-14-18;/h4-5,8-9,17-18,20-22,32H,6-7,10-16,19H2,1-3H3,(H,33,34,35);1-2,5-6,15-19,27-28H,3-4,7-14H2,(H,29,30,31);1H. The Hall–Kier alpha value is -4.62. The fourth-order valence-corrected chi connectivity index (χ4v) is 11.6. The molecule has 2 saturated heterocycles. The Morgan fingerprint density at radius 1 is 0.671 bits per heavy atom. The largest absolute Gasteiger partial charge is 0.444 e. The topological polar surface area (TPSA) is 149 Å². The van der Waals surface area contributed by atoms with Crippen molar-refractivity contribution in [1.82, 2.24) is 40.1 Å². The predicted molar refractivity (Wildman–Crippen MR) is 289 cm³/mol. The van der Waals surface area contributed by atoms with E-state index < -0.39 is 5.60 Å². The van der Waals surface area contributed by atoms with Gasteiger partial charge in [0.15, 0.2) is 0 Å². The van der Waals surface area contributed by atoms with Crippen molar-refractivity contribution in [2.75, 3.05) is 36.8 Å². The average Bonchev–Trinajstić information content (AvgIpc) is 4.00. The maximum atomic E-state index is 12.5. The number of piperidine rings is 2. The van der Waals surface area contributed by atoms with Crippen LogP contribution in [0.5, 0.6) is 0 Å². The van der Waals surface area contributed by atoms with Crippen molar-refractivity contribution in [1.29, 1.82) is 0 Å². The molecule has 4 aromatic heterocycles. The number of carbonyl (C=O) groups is 1. The van der Waals surface area contributed by atoms with Gasteiger partial charge in [-0.15, -0.1) is 12.4 Å². The summed E-state index contributed by atoms with van der Waals surface area (Å²) >= 11 is 13.0. The lowest BCUT2D eigenvalue weighted by molar-refractivity contribution is 0.0157. The highest BCUT2D eigenvalue weighted by atomic mass is 35.5. The summed E-state index contributed by atoms with van der Waals surface area (Å²) in [4.78, 5) is 39.6. The average molecular weight is 1010 g/mol. The third-order valence-electron chi connectivity index (χ3n) is 15.1. The molecule has 10 rings (SSSR count). The number of nitrogens with one attached hydrogen (secondary N) is 5. The van der Waals surface area contributed by atoms with Crippen LogP contribution < -0.4 is 16.0 Å². The fourth-order valence-electron chi connectivity index (χ4n) is 11.2. The van der Waals surface area contributed by atoms with E-state index in [1.807, 2.05) is 62.3 Å². The first kappa shape index (κ1) is 51.7. The van der Waals surface area contributed by atoms with E-state index in [2.05, 4.69) is 60.2 Å². The van der Waals surface area contributed by atoms with Crippen LogP contribution in [-0.4, -0.2) is 84.8 Å². The van der Waals surface area contributed by atoms with Gasteiger partial charge >= 0.3 is 6.09 Å². The van der Waals surface area contributed by atoms with Crippen LogP contribution in [0.3, 0.4) is 0 Å². The van der Waals surface area contributed by atoms with Crippen LogP contribution in [0.4, 0.5) is 16.7 Å². The third kappa shape index (κ3) is 13.7. The quantitative estimate of drug-likeness (QED) is 0.0808. The first-order valence-electron chi connectivity index (χ1n) is 25.9. The van der Waals surface area contributed by atoms with Gasteiger partial charge in [-0.2, -0.15) is 0 Å². The normalized spacial score (nSPS) is 23.0. The molecule has 2 saturated carbocycles. The molecule has 1 amide bonds. The molecular formula is C55H73Cl3N10O2. The number of halogens is 3. The summed E-state index contributed by atoms with van der Waals surface area (Å²) in [5.41, 5.74) is 5.26. The predicted octanol–water partition coefficient (Wildman–Crippen LogP) is 14.1. The summed E-state index contributed by atoms with van der Waals surface area (Å²) in [6.45, 7) is 9.87. The molecule has 5 N–H and O–H groups in total. The summed E-state index contributed by atoms with van der Waals surface area (Å²) in [6.07, 6.45) is 27.1. The molecule has 6 aromatic rings. The molecule has 15 heteroatoms. The van der Waals surface area contributed by atoms with Crippen LogP contribution in [0.15, 0.2) is 73.3 Å². The number of carbonyl (C=O) groups excluding carboxylic acids is 1. The lowest BCUT2D eigenvalue weighted by atomic mass is 9.81. The van der Waals surface area contributed by atoms with Gasteiger partial charge < -0.3 is 35.6 Å². The molecule has 2 atom stereocenters. The number of nitrogens with zero attached hydrogens (tertiary/aromatic N) is 5. The van der Waals surface area contributed by atoms with E-state index >= 15 is 0 Å². The van der Waals surface area contributed by atoms with Gasteiger partial charge in [0.1, 0.15) is 5.60 Å². The van der Waals surface area contributed by atoms with E-state index in [1.165, 1.54) is 96.6 Å². The van der Waals surface area contributed by atoms with E-state index in [1.54, 1.807) is 12.4 Å². The summed E-state index contributed by atoms with van der Waals surface area (Å²) in [5.74, 6) is 4.43. The second-order valence-corrected chi connectivity index (χ2v) is 22.1. The Morgan fingerprint density at radius 3 is 1.66 bits per heavy atom. The van der Waals surface area contributed by atoms with Crippen LogP contribution in [0.2, 0.25) is 10.0 Å². The Balaban J connectivity index is 0.000000189. The SMILES string of the molecule is CC(C)(C)OC(=O)N1CCCC(CCC2CCC(Nc3ncc(Cl)c(-c4c[nH]c5ccccc45)n3)CC2)C1.Cl.Clc1cnc(NC2CCC(CCC3CCCNC3)CC2)nc1-c1c[nH]c2ccccc12. The Morgan fingerprint density at radius 2 is 1.16 bits per heavy atom. The highest BCUT2D eigenvalue weighted by Gasteiger charge is 2.30.